The smallest absolute Gasteiger partial charge is 0.328 e. The van der Waals surface area contributed by atoms with E-state index in [0.29, 0.717) is 44.6 Å². The number of piperidine rings is 2. The lowest BCUT2D eigenvalue weighted by molar-refractivity contribution is -0.156. The number of rotatable bonds is 8. The number of fused-ring (bicyclic) bond motifs is 2. The minimum absolute atomic E-state index is 0.0894. The third-order valence-electron chi connectivity index (χ3n) is 11.2. The first kappa shape index (κ1) is 40.5. The number of aromatic nitrogens is 2. The van der Waals surface area contributed by atoms with E-state index in [0.717, 1.165) is 85.0 Å². The van der Waals surface area contributed by atoms with Crippen molar-refractivity contribution < 1.29 is 38.6 Å². The Morgan fingerprint density at radius 1 is 0.655 bits per heavy atom. The molecule has 2 aromatic heterocycles. The minimum atomic E-state index is -0.789. The van der Waals surface area contributed by atoms with Crippen LogP contribution >= 0.6 is 0 Å². The van der Waals surface area contributed by atoms with Gasteiger partial charge in [-0.3, -0.25) is 49.4 Å². The summed E-state index contributed by atoms with van der Waals surface area (Å²) in [5.41, 5.74) is 3.29. The molecular weight excluding hydrogens is 745 g/mol. The fourth-order valence-electron chi connectivity index (χ4n) is 8.50. The molecule has 0 aliphatic carbocycles. The van der Waals surface area contributed by atoms with Gasteiger partial charge in [-0.25, -0.2) is 9.59 Å². The van der Waals surface area contributed by atoms with E-state index in [2.05, 4.69) is 36.9 Å². The van der Waals surface area contributed by atoms with Crippen LogP contribution < -0.4 is 20.4 Å². The van der Waals surface area contributed by atoms with Gasteiger partial charge in [0.15, 0.2) is 0 Å². The Labute approximate surface area is 336 Å². The summed E-state index contributed by atoms with van der Waals surface area (Å²) in [5.74, 6) is -1.44. The van der Waals surface area contributed by atoms with Crippen LogP contribution in [0.3, 0.4) is 0 Å². The molecule has 4 fully saturated rings. The number of carboxylic acid groups (broad SMARTS) is 1. The zero-order valence-electron chi connectivity index (χ0n) is 33.3. The van der Waals surface area contributed by atoms with Gasteiger partial charge in [0.25, 0.3) is 0 Å². The first-order valence-corrected chi connectivity index (χ1v) is 20.0. The summed E-state index contributed by atoms with van der Waals surface area (Å²) < 4.78 is 9.94. The van der Waals surface area contributed by atoms with E-state index in [9.17, 15) is 28.8 Å². The van der Waals surface area contributed by atoms with Crippen LogP contribution in [0.2, 0.25) is 0 Å². The van der Waals surface area contributed by atoms with Crippen molar-refractivity contribution in [1.82, 2.24) is 29.6 Å². The second kappa shape index (κ2) is 17.0. The van der Waals surface area contributed by atoms with E-state index >= 15 is 0 Å². The zero-order valence-corrected chi connectivity index (χ0v) is 33.3. The minimum Gasteiger partial charge on any atom is -0.480 e. The summed E-state index contributed by atoms with van der Waals surface area (Å²) in [6.07, 6.45) is 8.38. The molecule has 58 heavy (non-hydrogen) atoms. The number of ether oxygens (including phenoxy) is 1. The van der Waals surface area contributed by atoms with Gasteiger partial charge < -0.3 is 19.0 Å². The highest BCUT2D eigenvalue weighted by Crippen LogP contribution is 2.35. The highest BCUT2D eigenvalue weighted by molar-refractivity contribution is 6.10. The summed E-state index contributed by atoms with van der Waals surface area (Å²) in [6, 6.07) is 15.8. The number of benzene rings is 2. The predicted octanol–water partition coefficient (Wildman–Crippen LogP) is 4.88. The fraction of sp³-hybridized carbons (Fsp3) is 0.476. The van der Waals surface area contributed by atoms with Crippen molar-refractivity contribution in [2.24, 2.45) is 0 Å². The summed E-state index contributed by atoms with van der Waals surface area (Å²) >= 11 is 0. The molecule has 2 aromatic carbocycles. The lowest BCUT2D eigenvalue weighted by atomic mass is 10.0. The third kappa shape index (κ3) is 9.18. The Hall–Kier alpha value is -5.74. The van der Waals surface area contributed by atoms with E-state index in [-0.39, 0.29) is 36.4 Å². The number of hydrogen-bond donors (Lipinski definition) is 3. The summed E-state index contributed by atoms with van der Waals surface area (Å²) in [6.45, 7) is 10.0. The van der Waals surface area contributed by atoms with E-state index in [1.54, 1.807) is 9.80 Å². The number of aliphatic carboxylic acids is 1. The molecule has 0 atom stereocenters. The second-order valence-corrected chi connectivity index (χ2v) is 16.4. The maximum absolute atomic E-state index is 12.3. The van der Waals surface area contributed by atoms with Gasteiger partial charge in [-0.2, -0.15) is 0 Å². The molecule has 16 nitrogen and oxygen atoms in total. The summed E-state index contributed by atoms with van der Waals surface area (Å²) in [5, 5.41) is 15.7. The number of likely N-dealkylation sites (tertiary alicyclic amines) is 2. The van der Waals surface area contributed by atoms with Gasteiger partial charge in [0.1, 0.15) is 5.60 Å². The van der Waals surface area contributed by atoms with Crippen molar-refractivity contribution in [3.8, 4) is 0 Å². The van der Waals surface area contributed by atoms with Crippen LogP contribution in [0.1, 0.15) is 71.4 Å². The van der Waals surface area contributed by atoms with E-state index in [1.165, 1.54) is 0 Å². The maximum Gasteiger partial charge on any atom is 0.328 e. The molecule has 0 saturated carbocycles. The van der Waals surface area contributed by atoms with Crippen LogP contribution in [0.25, 0.3) is 21.8 Å². The largest absolute Gasteiger partial charge is 0.480 e. The van der Waals surface area contributed by atoms with Crippen molar-refractivity contribution in [2.45, 2.75) is 77.0 Å². The number of carboxylic acids is 1. The number of carbonyl (C=O) groups excluding carboxylic acids is 5. The average Bonchev–Trinajstić information content (AvgIpc) is 3.80. The van der Waals surface area contributed by atoms with E-state index in [1.807, 2.05) is 74.3 Å². The molecule has 4 aromatic rings. The highest BCUT2D eigenvalue weighted by Gasteiger charge is 2.30. The molecule has 3 N–H and O–H groups in total. The first-order chi connectivity index (χ1) is 27.7. The number of carbonyl (C=O) groups is 6. The Morgan fingerprint density at radius 3 is 1.48 bits per heavy atom. The average molecular weight is 797 g/mol. The number of amides is 6. The monoisotopic (exact) mass is 796 g/mol. The van der Waals surface area contributed by atoms with Gasteiger partial charge in [-0.05, 0) is 82.9 Å². The number of nitrogens with zero attached hydrogens (tertiary/aromatic N) is 6. The molecule has 4 saturated heterocycles. The Bertz CT molecular complexity index is 2210. The van der Waals surface area contributed by atoms with Crippen LogP contribution in [0.4, 0.5) is 21.0 Å². The van der Waals surface area contributed by atoms with Crippen molar-refractivity contribution >= 4 is 69.0 Å². The molecule has 0 bridgehead atoms. The third-order valence-corrected chi connectivity index (χ3v) is 11.2. The molecule has 308 valence electrons. The van der Waals surface area contributed by atoms with Crippen molar-refractivity contribution in [3.63, 3.8) is 0 Å². The molecule has 0 radical (unpaired) electrons. The van der Waals surface area contributed by atoms with E-state index in [4.69, 9.17) is 9.84 Å². The highest BCUT2D eigenvalue weighted by atomic mass is 16.6. The number of urea groups is 2. The van der Waals surface area contributed by atoms with Crippen LogP contribution in [-0.4, -0.2) is 118 Å². The Morgan fingerprint density at radius 2 is 1.09 bits per heavy atom. The molecule has 4 aliphatic heterocycles. The van der Waals surface area contributed by atoms with Crippen LogP contribution in [0, 0.1) is 0 Å². The molecule has 0 spiro atoms. The van der Waals surface area contributed by atoms with Crippen molar-refractivity contribution in [2.75, 3.05) is 62.2 Å². The molecule has 16 heteroatoms. The fourth-order valence-corrected chi connectivity index (χ4v) is 8.50. The standard InChI is InChI=1S/C23H30N4O4.C19H22N4O4/c1-23(2,3)31-21(29)15-25-11-7-16(8-12-25)26-13-9-17-18(26)5-4-6-19(17)27-14-10-20(28)24-22(27)30;24-17-7-11-23(19(27)20-17)16-3-1-2-15-14(16)6-10-22(15)13-4-8-21(9-5-13)12-18(25)26/h4-6,9,13,16H,7-8,10-12,14-15H2,1-3H3,(H,24,28,30);1-3,6,10,13H,4-5,7-9,11-12H2,(H,25,26)(H,20,24,27). The molecule has 6 amide bonds. The summed E-state index contributed by atoms with van der Waals surface area (Å²) in [4.78, 5) is 77.8. The SMILES string of the molecule is CC(C)(C)OC(=O)CN1CCC(n2ccc3c(N4CCC(=O)NC4=O)cccc32)CC1.O=C(O)CN1CCC(n2ccc3c(N4CCC(=O)NC4=O)cccc32)CC1. The van der Waals surface area contributed by atoms with Gasteiger partial charge in [0.2, 0.25) is 11.8 Å². The van der Waals surface area contributed by atoms with Gasteiger partial charge in [0.05, 0.1) is 35.5 Å². The number of esters is 1. The quantitative estimate of drug-likeness (QED) is 0.208. The Kier molecular flexibility index (Phi) is 11.9. The molecule has 4 aliphatic rings. The number of imide groups is 2. The predicted molar refractivity (Wildman–Crippen MR) is 218 cm³/mol. The summed E-state index contributed by atoms with van der Waals surface area (Å²) in [7, 11) is 0. The van der Waals surface area contributed by atoms with Crippen LogP contribution in [-0.2, 0) is 23.9 Å². The van der Waals surface area contributed by atoms with Gasteiger partial charge in [0, 0.05) is 87.4 Å². The number of hydrogen-bond acceptors (Lipinski definition) is 9. The normalized spacial score (nSPS) is 19.2. The molecule has 8 rings (SSSR count). The van der Waals surface area contributed by atoms with Gasteiger partial charge >= 0.3 is 24.0 Å². The molecule has 6 heterocycles. The van der Waals surface area contributed by atoms with Crippen LogP contribution in [0.5, 0.6) is 0 Å². The number of nitrogens with one attached hydrogen (secondary N) is 2. The lowest BCUT2D eigenvalue weighted by Crippen LogP contribution is -2.49. The first-order valence-electron chi connectivity index (χ1n) is 20.0. The zero-order chi connectivity index (χ0) is 41.1. The van der Waals surface area contributed by atoms with E-state index < -0.39 is 11.6 Å². The van der Waals surface area contributed by atoms with Crippen molar-refractivity contribution in [1.29, 1.82) is 0 Å². The maximum atomic E-state index is 12.3. The lowest BCUT2D eigenvalue weighted by Gasteiger charge is -2.33. The molecular formula is C42H52N8O8. The van der Waals surface area contributed by atoms with Crippen LogP contribution in [0.15, 0.2) is 60.9 Å². The molecule has 0 unspecified atom stereocenters. The van der Waals surface area contributed by atoms with Gasteiger partial charge in [-0.1, -0.05) is 12.1 Å². The van der Waals surface area contributed by atoms with Crippen molar-refractivity contribution in [3.05, 3.63) is 60.9 Å². The second-order valence-electron chi connectivity index (χ2n) is 16.4. The topological polar surface area (TPSA) is 179 Å². The number of anilines is 2. The Balaban J connectivity index is 0.000000178. The van der Waals surface area contributed by atoms with Gasteiger partial charge in [-0.15, -0.1) is 0 Å².